The Morgan fingerprint density at radius 2 is 2.29 bits per heavy atom. The normalized spacial score (nSPS) is 19.8. The first-order valence-corrected chi connectivity index (χ1v) is 5.82. The van der Waals surface area contributed by atoms with Crippen LogP contribution < -0.4 is 10.6 Å². The predicted octanol–water partition coefficient (Wildman–Crippen LogP) is 0.360. The van der Waals surface area contributed by atoms with Gasteiger partial charge in [-0.3, -0.25) is 9.98 Å². The van der Waals surface area contributed by atoms with Crippen molar-refractivity contribution in [3.63, 3.8) is 0 Å². The number of aromatic nitrogens is 1. The van der Waals surface area contributed by atoms with Gasteiger partial charge in [0.2, 0.25) is 0 Å². The molecule has 1 atom stereocenters. The van der Waals surface area contributed by atoms with Crippen LogP contribution in [0.1, 0.15) is 11.6 Å². The summed E-state index contributed by atoms with van der Waals surface area (Å²) in [7, 11) is 1.70. The Labute approximate surface area is 101 Å². The highest BCUT2D eigenvalue weighted by molar-refractivity contribution is 5.89. The molecule has 2 rings (SSSR count). The summed E-state index contributed by atoms with van der Waals surface area (Å²) in [5, 5.41) is 6.76. The molecule has 1 aliphatic rings. The van der Waals surface area contributed by atoms with Gasteiger partial charge in [0, 0.05) is 32.6 Å². The average Bonchev–Trinajstić information content (AvgIpc) is 2.41. The van der Waals surface area contributed by atoms with Crippen LogP contribution in [-0.4, -0.2) is 44.2 Å². The maximum Gasteiger partial charge on any atom is 0.118 e. The second-order valence-corrected chi connectivity index (χ2v) is 3.85. The number of nitrogens with zero attached hydrogens (tertiary/aromatic N) is 2. The molecule has 1 unspecified atom stereocenters. The van der Waals surface area contributed by atoms with Gasteiger partial charge in [-0.2, -0.15) is 0 Å². The van der Waals surface area contributed by atoms with Gasteiger partial charge in [0.1, 0.15) is 5.84 Å². The van der Waals surface area contributed by atoms with Crippen LogP contribution in [0.3, 0.4) is 0 Å². The summed E-state index contributed by atoms with van der Waals surface area (Å²) in [5.41, 5.74) is 1.18. The minimum atomic E-state index is 0.142. The van der Waals surface area contributed by atoms with Gasteiger partial charge < -0.3 is 15.4 Å². The van der Waals surface area contributed by atoms with E-state index in [2.05, 4.69) is 20.6 Å². The molecule has 0 bridgehead atoms. The second kappa shape index (κ2) is 6.32. The van der Waals surface area contributed by atoms with Gasteiger partial charge in [-0.15, -0.1) is 0 Å². The van der Waals surface area contributed by atoms with Crippen LogP contribution in [0.2, 0.25) is 0 Å². The number of ether oxygens (including phenoxy) is 1. The molecule has 17 heavy (non-hydrogen) atoms. The molecule has 0 aromatic carbocycles. The Morgan fingerprint density at radius 3 is 3.06 bits per heavy atom. The van der Waals surface area contributed by atoms with Crippen molar-refractivity contribution in [2.75, 3.05) is 33.4 Å². The van der Waals surface area contributed by atoms with Crippen molar-refractivity contribution in [1.82, 2.24) is 15.6 Å². The molecule has 2 N–H and O–H groups in total. The number of hydrogen-bond acceptors (Lipinski definition) is 5. The number of amidine groups is 1. The fourth-order valence-corrected chi connectivity index (χ4v) is 1.84. The zero-order valence-corrected chi connectivity index (χ0v) is 10.0. The van der Waals surface area contributed by atoms with Crippen LogP contribution in [0.5, 0.6) is 0 Å². The zero-order valence-electron chi connectivity index (χ0n) is 10.0. The smallest absolute Gasteiger partial charge is 0.118 e. The molecule has 0 radical (unpaired) electrons. The third kappa shape index (κ3) is 3.25. The van der Waals surface area contributed by atoms with Gasteiger partial charge in [0.05, 0.1) is 19.2 Å². The highest BCUT2D eigenvalue weighted by atomic mass is 16.5. The van der Waals surface area contributed by atoms with E-state index in [0.29, 0.717) is 6.61 Å². The van der Waals surface area contributed by atoms with Crippen molar-refractivity contribution in [1.29, 1.82) is 0 Å². The van der Waals surface area contributed by atoms with Crippen LogP contribution in [0.25, 0.3) is 0 Å². The van der Waals surface area contributed by atoms with Gasteiger partial charge in [-0.1, -0.05) is 0 Å². The third-order valence-corrected chi connectivity index (χ3v) is 2.67. The van der Waals surface area contributed by atoms with E-state index in [1.54, 1.807) is 19.5 Å². The molecule has 1 aromatic rings. The highest BCUT2D eigenvalue weighted by Gasteiger charge is 2.19. The van der Waals surface area contributed by atoms with Gasteiger partial charge >= 0.3 is 0 Å². The molecule has 0 fully saturated rings. The van der Waals surface area contributed by atoms with Crippen LogP contribution in [-0.2, 0) is 4.74 Å². The van der Waals surface area contributed by atoms with Crippen molar-refractivity contribution >= 4 is 5.84 Å². The summed E-state index contributed by atoms with van der Waals surface area (Å²) >= 11 is 0. The van der Waals surface area contributed by atoms with E-state index < -0.39 is 0 Å². The lowest BCUT2D eigenvalue weighted by molar-refractivity contribution is 0.203. The Hall–Kier alpha value is -1.46. The molecule has 2 heterocycles. The van der Waals surface area contributed by atoms with Crippen LogP contribution in [0.4, 0.5) is 0 Å². The van der Waals surface area contributed by atoms with E-state index in [1.807, 2.05) is 12.1 Å². The molecule has 1 aromatic heterocycles. The summed E-state index contributed by atoms with van der Waals surface area (Å²) in [4.78, 5) is 8.56. The Kier molecular flexibility index (Phi) is 4.46. The van der Waals surface area contributed by atoms with Crippen LogP contribution in [0, 0.1) is 0 Å². The lowest BCUT2D eigenvalue weighted by Gasteiger charge is -2.25. The van der Waals surface area contributed by atoms with Gasteiger partial charge in [-0.05, 0) is 17.7 Å². The molecule has 1 aliphatic heterocycles. The summed E-state index contributed by atoms with van der Waals surface area (Å²) in [5.74, 6) is 0.986. The molecule has 0 saturated carbocycles. The van der Waals surface area contributed by atoms with Gasteiger partial charge in [0.25, 0.3) is 0 Å². The van der Waals surface area contributed by atoms with Crippen molar-refractivity contribution in [3.8, 4) is 0 Å². The van der Waals surface area contributed by atoms with Gasteiger partial charge in [-0.25, -0.2) is 0 Å². The summed E-state index contributed by atoms with van der Waals surface area (Å²) in [6.07, 6.45) is 3.61. The minimum absolute atomic E-state index is 0.142. The molecule has 0 saturated heterocycles. The molecular formula is C12H18N4O. The summed E-state index contributed by atoms with van der Waals surface area (Å²) in [6.45, 7) is 3.18. The average molecular weight is 234 g/mol. The lowest BCUT2D eigenvalue weighted by atomic mass is 10.1. The Balaban J connectivity index is 2.04. The van der Waals surface area contributed by atoms with Crippen LogP contribution in [0.15, 0.2) is 29.5 Å². The molecule has 92 valence electrons. The number of methoxy groups -OCH3 is 1. The SMILES string of the molecule is COCCNC1=NCCNC1c1ccncc1. The van der Waals surface area contributed by atoms with Crippen molar-refractivity contribution in [2.24, 2.45) is 4.99 Å². The largest absolute Gasteiger partial charge is 0.383 e. The molecule has 0 aliphatic carbocycles. The minimum Gasteiger partial charge on any atom is -0.383 e. The third-order valence-electron chi connectivity index (χ3n) is 2.67. The highest BCUT2D eigenvalue weighted by Crippen LogP contribution is 2.14. The number of rotatable bonds is 4. The summed E-state index contributed by atoms with van der Waals surface area (Å²) in [6, 6.07) is 4.16. The predicted molar refractivity (Wildman–Crippen MR) is 67.2 cm³/mol. The summed E-state index contributed by atoms with van der Waals surface area (Å²) < 4.78 is 5.03. The molecule has 5 nitrogen and oxygen atoms in total. The fourth-order valence-electron chi connectivity index (χ4n) is 1.84. The van der Waals surface area contributed by atoms with E-state index >= 15 is 0 Å². The molecule has 0 spiro atoms. The molecular weight excluding hydrogens is 216 g/mol. The van der Waals surface area contributed by atoms with Crippen molar-refractivity contribution in [3.05, 3.63) is 30.1 Å². The lowest BCUT2D eigenvalue weighted by Crippen LogP contribution is -2.43. The maximum atomic E-state index is 5.03. The van der Waals surface area contributed by atoms with Crippen LogP contribution >= 0.6 is 0 Å². The number of aliphatic imine (C=N–C) groups is 1. The molecule has 0 amide bonds. The van der Waals surface area contributed by atoms with Crippen molar-refractivity contribution < 1.29 is 4.74 Å². The van der Waals surface area contributed by atoms with E-state index in [0.717, 1.165) is 25.5 Å². The number of nitrogens with one attached hydrogen (secondary N) is 2. The number of pyridine rings is 1. The Morgan fingerprint density at radius 1 is 1.47 bits per heavy atom. The van der Waals surface area contributed by atoms with Gasteiger partial charge in [0.15, 0.2) is 0 Å². The maximum absolute atomic E-state index is 5.03. The van der Waals surface area contributed by atoms with Crippen molar-refractivity contribution in [2.45, 2.75) is 6.04 Å². The molecule has 5 heteroatoms. The first-order valence-electron chi connectivity index (χ1n) is 5.82. The first kappa shape index (κ1) is 12.0. The van der Waals surface area contributed by atoms with E-state index in [1.165, 1.54) is 5.56 Å². The zero-order chi connectivity index (χ0) is 11.9. The monoisotopic (exact) mass is 234 g/mol. The standard InChI is InChI=1S/C12H18N4O/c1-17-9-8-16-12-11(14-6-7-15-12)10-2-4-13-5-3-10/h2-5,11,14H,6-9H2,1H3,(H,15,16). The topological polar surface area (TPSA) is 58.5 Å². The second-order valence-electron chi connectivity index (χ2n) is 3.85. The number of hydrogen-bond donors (Lipinski definition) is 2. The first-order chi connectivity index (χ1) is 8.42. The Bertz CT molecular complexity index is 366. The fraction of sp³-hybridized carbons (Fsp3) is 0.500. The van der Waals surface area contributed by atoms with E-state index in [-0.39, 0.29) is 6.04 Å². The quantitative estimate of drug-likeness (QED) is 0.739. The van der Waals surface area contributed by atoms with E-state index in [4.69, 9.17) is 4.74 Å². The van der Waals surface area contributed by atoms with E-state index in [9.17, 15) is 0 Å².